The van der Waals surface area contributed by atoms with Gasteiger partial charge in [0.1, 0.15) is 6.10 Å². The maximum absolute atomic E-state index is 12.3. The number of hydrogen-bond donors (Lipinski definition) is 0. The van der Waals surface area contributed by atoms with E-state index in [2.05, 4.69) is 19.9 Å². The minimum atomic E-state index is -1.12. The zero-order valence-electron chi connectivity index (χ0n) is 14.9. The summed E-state index contributed by atoms with van der Waals surface area (Å²) >= 11 is 0. The molecule has 4 nitrogen and oxygen atoms in total. The van der Waals surface area contributed by atoms with Gasteiger partial charge in [0.2, 0.25) is 0 Å². The number of allylic oxidation sites excluding steroid dienone is 3. The van der Waals surface area contributed by atoms with Crippen molar-refractivity contribution in [1.82, 2.24) is 0 Å². The third-order valence-electron chi connectivity index (χ3n) is 3.82. The first-order valence-electron chi connectivity index (χ1n) is 8.06. The molecule has 0 aliphatic carbocycles. The van der Waals surface area contributed by atoms with Gasteiger partial charge in [0.15, 0.2) is 11.4 Å². The maximum atomic E-state index is 12.3. The summed E-state index contributed by atoms with van der Waals surface area (Å²) in [6.07, 6.45) is 6.71. The summed E-state index contributed by atoms with van der Waals surface area (Å²) in [7, 11) is 0. The molecule has 22 heavy (non-hydrogen) atoms. The molecule has 0 N–H and O–H groups in total. The summed E-state index contributed by atoms with van der Waals surface area (Å²) in [5.74, 6) is -0.678. The van der Waals surface area contributed by atoms with Gasteiger partial charge in [-0.3, -0.25) is 0 Å². The van der Waals surface area contributed by atoms with Gasteiger partial charge < -0.3 is 14.2 Å². The molecule has 0 unspecified atom stereocenters. The van der Waals surface area contributed by atoms with Crippen molar-refractivity contribution in [3.05, 3.63) is 23.8 Å². The summed E-state index contributed by atoms with van der Waals surface area (Å²) in [5.41, 5.74) is 0.0287. The standard InChI is InChI=1S/C18H30O4/c1-8-13(3)12-14(4)10-11-15-18(7,16(19)20-9-2)22-17(5,6)21-15/h10-13,15H,8-9H2,1-7H3/b11-10-,14-12+/t13-,15+,18-/m0/s1. The van der Waals surface area contributed by atoms with Crippen molar-refractivity contribution in [1.29, 1.82) is 0 Å². The highest BCUT2D eigenvalue weighted by Crippen LogP contribution is 2.38. The van der Waals surface area contributed by atoms with E-state index in [0.717, 1.165) is 12.0 Å². The van der Waals surface area contributed by atoms with Crippen LogP contribution in [-0.4, -0.2) is 30.1 Å². The van der Waals surface area contributed by atoms with Crippen LogP contribution in [0.15, 0.2) is 23.8 Å². The molecule has 3 atom stereocenters. The Hall–Kier alpha value is -1.13. The summed E-state index contributed by atoms with van der Waals surface area (Å²) in [5, 5.41) is 0. The van der Waals surface area contributed by atoms with Gasteiger partial charge in [-0.25, -0.2) is 4.79 Å². The molecule has 1 rings (SSSR count). The summed E-state index contributed by atoms with van der Waals surface area (Å²) in [6.45, 7) is 13.8. The van der Waals surface area contributed by atoms with Crippen LogP contribution >= 0.6 is 0 Å². The van der Waals surface area contributed by atoms with E-state index in [4.69, 9.17) is 14.2 Å². The zero-order chi connectivity index (χ0) is 17.0. The first-order valence-corrected chi connectivity index (χ1v) is 8.06. The van der Waals surface area contributed by atoms with Crippen molar-refractivity contribution >= 4 is 5.97 Å². The Morgan fingerprint density at radius 1 is 1.32 bits per heavy atom. The Bertz CT molecular complexity index is 450. The van der Waals surface area contributed by atoms with Gasteiger partial charge in [-0.1, -0.05) is 44.1 Å². The van der Waals surface area contributed by atoms with Gasteiger partial charge in [-0.15, -0.1) is 0 Å². The smallest absolute Gasteiger partial charge is 0.341 e. The molecule has 0 aromatic rings. The van der Waals surface area contributed by atoms with Crippen LogP contribution in [0.3, 0.4) is 0 Å². The largest absolute Gasteiger partial charge is 0.464 e. The Kier molecular flexibility index (Phi) is 6.38. The van der Waals surface area contributed by atoms with Crippen molar-refractivity contribution in [2.75, 3.05) is 6.61 Å². The highest BCUT2D eigenvalue weighted by molar-refractivity contribution is 5.81. The number of rotatable bonds is 6. The number of ether oxygens (including phenoxy) is 3. The molecule has 0 spiro atoms. The van der Waals surface area contributed by atoms with Crippen LogP contribution in [0.5, 0.6) is 0 Å². The third kappa shape index (κ3) is 4.68. The van der Waals surface area contributed by atoms with Crippen LogP contribution in [0.25, 0.3) is 0 Å². The van der Waals surface area contributed by atoms with Gasteiger partial charge >= 0.3 is 5.97 Å². The third-order valence-corrected chi connectivity index (χ3v) is 3.82. The van der Waals surface area contributed by atoms with Crippen LogP contribution in [-0.2, 0) is 19.0 Å². The van der Waals surface area contributed by atoms with E-state index in [9.17, 15) is 4.79 Å². The summed E-state index contributed by atoms with van der Waals surface area (Å²) < 4.78 is 16.9. The van der Waals surface area contributed by atoms with E-state index >= 15 is 0 Å². The van der Waals surface area contributed by atoms with Crippen molar-refractivity contribution in [3.63, 3.8) is 0 Å². The molecule has 0 bridgehead atoms. The molecule has 0 aromatic heterocycles. The van der Waals surface area contributed by atoms with Crippen molar-refractivity contribution in [2.45, 2.75) is 72.4 Å². The Labute approximate surface area is 134 Å². The van der Waals surface area contributed by atoms with Gasteiger partial charge in [-0.2, -0.15) is 0 Å². The Balaban J connectivity index is 2.94. The molecule has 1 aliphatic rings. The molecular weight excluding hydrogens is 280 g/mol. The Morgan fingerprint density at radius 2 is 1.95 bits per heavy atom. The predicted octanol–water partition coefficient (Wildman–Crippen LogP) is 4.01. The van der Waals surface area contributed by atoms with Crippen LogP contribution in [0, 0.1) is 5.92 Å². The van der Waals surface area contributed by atoms with E-state index in [1.807, 2.05) is 19.1 Å². The molecule has 0 aromatic carbocycles. The number of carbonyl (C=O) groups is 1. The highest BCUT2D eigenvalue weighted by atomic mass is 16.8. The molecule has 1 heterocycles. The average molecular weight is 310 g/mol. The lowest BCUT2D eigenvalue weighted by molar-refractivity contribution is -0.186. The number of hydrogen-bond acceptors (Lipinski definition) is 4. The van der Waals surface area contributed by atoms with Gasteiger partial charge in [0, 0.05) is 0 Å². The van der Waals surface area contributed by atoms with Crippen LogP contribution in [0.2, 0.25) is 0 Å². The predicted molar refractivity (Wildman–Crippen MR) is 87.4 cm³/mol. The lowest BCUT2D eigenvalue weighted by Gasteiger charge is -2.25. The molecule has 1 aliphatic heterocycles. The lowest BCUT2D eigenvalue weighted by Crippen LogP contribution is -2.45. The topological polar surface area (TPSA) is 44.8 Å². The Morgan fingerprint density at radius 3 is 2.50 bits per heavy atom. The van der Waals surface area contributed by atoms with Crippen LogP contribution in [0.4, 0.5) is 0 Å². The molecule has 0 amide bonds. The molecule has 4 heteroatoms. The van der Waals surface area contributed by atoms with E-state index in [-0.39, 0.29) is 0 Å². The minimum Gasteiger partial charge on any atom is -0.464 e. The number of carbonyl (C=O) groups excluding carboxylic acids is 1. The molecule has 1 fully saturated rings. The first kappa shape index (κ1) is 18.9. The average Bonchev–Trinajstić information content (AvgIpc) is 2.67. The zero-order valence-corrected chi connectivity index (χ0v) is 14.9. The van der Waals surface area contributed by atoms with Crippen LogP contribution < -0.4 is 0 Å². The monoisotopic (exact) mass is 310 g/mol. The number of esters is 1. The second-order valence-corrected chi connectivity index (χ2v) is 6.52. The normalized spacial score (nSPS) is 29.8. The second kappa shape index (κ2) is 7.42. The molecular formula is C18H30O4. The van der Waals surface area contributed by atoms with Crippen molar-refractivity contribution < 1.29 is 19.0 Å². The summed E-state index contributed by atoms with van der Waals surface area (Å²) in [6, 6.07) is 0. The lowest BCUT2D eigenvalue weighted by atomic mass is 9.98. The summed E-state index contributed by atoms with van der Waals surface area (Å²) in [4.78, 5) is 12.3. The second-order valence-electron chi connectivity index (χ2n) is 6.52. The first-order chi connectivity index (χ1) is 10.1. The fraction of sp³-hybridized carbons (Fsp3) is 0.722. The van der Waals surface area contributed by atoms with E-state index in [1.165, 1.54) is 0 Å². The van der Waals surface area contributed by atoms with Crippen molar-refractivity contribution in [2.24, 2.45) is 5.92 Å². The fourth-order valence-electron chi connectivity index (χ4n) is 2.53. The SMILES string of the molecule is CCOC(=O)[C@@]1(C)OC(C)(C)O[C@@H]1/C=C\C(C)=C\[C@@H](C)CC. The highest BCUT2D eigenvalue weighted by Gasteiger charge is 2.55. The van der Waals surface area contributed by atoms with Gasteiger partial charge in [-0.05, 0) is 40.5 Å². The van der Waals surface area contributed by atoms with E-state index in [1.54, 1.807) is 27.7 Å². The molecule has 0 saturated carbocycles. The quantitative estimate of drug-likeness (QED) is 0.549. The molecule has 0 radical (unpaired) electrons. The molecule has 126 valence electrons. The van der Waals surface area contributed by atoms with Gasteiger partial charge in [0.25, 0.3) is 0 Å². The van der Waals surface area contributed by atoms with Crippen molar-refractivity contribution in [3.8, 4) is 0 Å². The minimum absolute atomic E-state index is 0.321. The van der Waals surface area contributed by atoms with E-state index < -0.39 is 23.5 Å². The fourth-order valence-corrected chi connectivity index (χ4v) is 2.53. The molecule has 1 saturated heterocycles. The van der Waals surface area contributed by atoms with Crippen LogP contribution in [0.1, 0.15) is 54.9 Å². The van der Waals surface area contributed by atoms with Gasteiger partial charge in [0.05, 0.1) is 6.61 Å². The van der Waals surface area contributed by atoms with E-state index in [0.29, 0.717) is 12.5 Å². The maximum Gasteiger partial charge on any atom is 0.341 e.